The molecule has 1 rings (SSSR count). The molecule has 1 aromatic rings. The van der Waals surface area contributed by atoms with Gasteiger partial charge in [0.05, 0.1) is 13.2 Å². The van der Waals surface area contributed by atoms with Gasteiger partial charge in [0.15, 0.2) is 0 Å². The largest absolute Gasteiger partial charge is 0.494 e. The smallest absolute Gasteiger partial charge is 0.124 e. The molecule has 4 nitrogen and oxygen atoms in total. The van der Waals surface area contributed by atoms with E-state index in [1.807, 2.05) is 32.0 Å². The molecule has 0 saturated carbocycles. The van der Waals surface area contributed by atoms with E-state index in [1.54, 1.807) is 0 Å². The lowest BCUT2D eigenvalue weighted by atomic mass is 10.1. The molecule has 0 bridgehead atoms. The number of anilines is 1. The third-order valence-electron chi connectivity index (χ3n) is 2.30. The predicted octanol–water partition coefficient (Wildman–Crippen LogP) is 1.34. The minimum atomic E-state index is -0.0259. The molecule has 0 aliphatic heterocycles. The molecule has 1 atom stereocenters. The molecule has 0 heterocycles. The molecule has 0 saturated heterocycles. The van der Waals surface area contributed by atoms with Crippen LogP contribution in [-0.2, 0) is 6.61 Å². The summed E-state index contributed by atoms with van der Waals surface area (Å²) in [6.07, 6.45) is 0. The van der Waals surface area contributed by atoms with Crippen LogP contribution in [0.3, 0.4) is 0 Å². The van der Waals surface area contributed by atoms with Gasteiger partial charge in [0.2, 0.25) is 0 Å². The maximum absolute atomic E-state index is 9.23. The normalized spacial score (nSPS) is 12.2. The van der Waals surface area contributed by atoms with Crippen LogP contribution in [0.25, 0.3) is 0 Å². The Morgan fingerprint density at radius 3 is 2.81 bits per heavy atom. The molecule has 0 spiro atoms. The fraction of sp³-hybridized carbons (Fsp3) is 0.500. The van der Waals surface area contributed by atoms with Gasteiger partial charge in [0, 0.05) is 23.8 Å². The Morgan fingerprint density at radius 1 is 1.50 bits per heavy atom. The summed E-state index contributed by atoms with van der Waals surface area (Å²) in [5, 5.41) is 12.5. The van der Waals surface area contributed by atoms with Crippen molar-refractivity contribution in [3.05, 3.63) is 23.8 Å². The number of ether oxygens (including phenoxy) is 1. The minimum Gasteiger partial charge on any atom is -0.494 e. The zero-order chi connectivity index (χ0) is 12.0. The molecule has 0 radical (unpaired) electrons. The lowest BCUT2D eigenvalue weighted by Gasteiger charge is -2.15. The average molecular weight is 224 g/mol. The monoisotopic (exact) mass is 224 g/mol. The number of nitrogens with one attached hydrogen (secondary N) is 1. The summed E-state index contributed by atoms with van der Waals surface area (Å²) in [6.45, 7) is 5.07. The number of aliphatic hydroxyl groups is 1. The summed E-state index contributed by atoms with van der Waals surface area (Å²) in [7, 11) is 0. The number of hydrogen-bond donors (Lipinski definition) is 3. The Bertz CT molecular complexity index is 329. The van der Waals surface area contributed by atoms with Crippen LogP contribution in [0.5, 0.6) is 5.75 Å². The van der Waals surface area contributed by atoms with Crippen LogP contribution < -0.4 is 15.8 Å². The molecule has 0 amide bonds. The van der Waals surface area contributed by atoms with Crippen molar-refractivity contribution in [1.29, 1.82) is 0 Å². The summed E-state index contributed by atoms with van der Waals surface area (Å²) in [4.78, 5) is 0. The quantitative estimate of drug-likeness (QED) is 0.682. The van der Waals surface area contributed by atoms with Crippen LogP contribution in [0.2, 0.25) is 0 Å². The van der Waals surface area contributed by atoms with Crippen LogP contribution in [0.1, 0.15) is 19.4 Å². The average Bonchev–Trinajstić information content (AvgIpc) is 2.31. The van der Waals surface area contributed by atoms with E-state index in [1.165, 1.54) is 0 Å². The molecule has 0 aliphatic rings. The van der Waals surface area contributed by atoms with E-state index in [0.717, 1.165) is 17.0 Å². The molecule has 16 heavy (non-hydrogen) atoms. The van der Waals surface area contributed by atoms with Gasteiger partial charge in [-0.25, -0.2) is 0 Å². The lowest BCUT2D eigenvalue weighted by molar-refractivity contribution is 0.267. The van der Waals surface area contributed by atoms with Crippen LogP contribution in [0, 0.1) is 0 Å². The molecule has 4 N–H and O–H groups in total. The first kappa shape index (κ1) is 12.8. The van der Waals surface area contributed by atoms with E-state index in [9.17, 15) is 5.11 Å². The van der Waals surface area contributed by atoms with Gasteiger partial charge in [-0.2, -0.15) is 0 Å². The zero-order valence-corrected chi connectivity index (χ0v) is 9.86. The predicted molar refractivity (Wildman–Crippen MR) is 65.7 cm³/mol. The molecular formula is C12H20N2O2. The number of benzene rings is 1. The maximum atomic E-state index is 9.23. The standard InChI is InChI=1S/C12H20N2O2/c1-3-16-12-5-4-11(6-10(12)8-15)14-9(2)7-13/h4-6,9,14-15H,3,7-8,13H2,1-2H3. The van der Waals surface area contributed by atoms with Gasteiger partial charge in [-0.1, -0.05) is 0 Å². The molecule has 1 aromatic carbocycles. The number of rotatable bonds is 6. The molecular weight excluding hydrogens is 204 g/mol. The highest BCUT2D eigenvalue weighted by Crippen LogP contribution is 2.23. The Morgan fingerprint density at radius 2 is 2.25 bits per heavy atom. The van der Waals surface area contributed by atoms with Crippen molar-refractivity contribution < 1.29 is 9.84 Å². The number of hydrogen-bond acceptors (Lipinski definition) is 4. The molecule has 4 heteroatoms. The van der Waals surface area contributed by atoms with E-state index >= 15 is 0 Å². The van der Waals surface area contributed by atoms with Crippen molar-refractivity contribution in [3.8, 4) is 5.75 Å². The van der Waals surface area contributed by atoms with Crippen LogP contribution in [0.4, 0.5) is 5.69 Å². The highest BCUT2D eigenvalue weighted by Gasteiger charge is 2.05. The summed E-state index contributed by atoms with van der Waals surface area (Å²) >= 11 is 0. The number of aliphatic hydroxyl groups excluding tert-OH is 1. The third-order valence-corrected chi connectivity index (χ3v) is 2.30. The fourth-order valence-electron chi connectivity index (χ4n) is 1.43. The fourth-order valence-corrected chi connectivity index (χ4v) is 1.43. The van der Waals surface area contributed by atoms with E-state index in [4.69, 9.17) is 10.5 Å². The first-order valence-corrected chi connectivity index (χ1v) is 5.54. The van der Waals surface area contributed by atoms with E-state index < -0.39 is 0 Å². The van der Waals surface area contributed by atoms with Crippen molar-refractivity contribution in [2.45, 2.75) is 26.5 Å². The topological polar surface area (TPSA) is 67.5 Å². The van der Waals surface area contributed by atoms with Crippen molar-refractivity contribution in [2.24, 2.45) is 5.73 Å². The second kappa shape index (κ2) is 6.35. The second-order valence-electron chi connectivity index (χ2n) is 3.69. The molecule has 1 unspecified atom stereocenters. The molecule has 90 valence electrons. The summed E-state index contributed by atoms with van der Waals surface area (Å²) < 4.78 is 5.40. The van der Waals surface area contributed by atoms with Gasteiger partial charge in [0.1, 0.15) is 5.75 Å². The summed E-state index contributed by atoms with van der Waals surface area (Å²) in [6, 6.07) is 5.89. The summed E-state index contributed by atoms with van der Waals surface area (Å²) in [5.41, 5.74) is 7.27. The van der Waals surface area contributed by atoms with Gasteiger partial charge in [-0.3, -0.25) is 0 Å². The SMILES string of the molecule is CCOc1ccc(NC(C)CN)cc1CO. The van der Waals surface area contributed by atoms with Crippen molar-refractivity contribution in [3.63, 3.8) is 0 Å². The lowest BCUT2D eigenvalue weighted by Crippen LogP contribution is -2.25. The molecule has 0 aliphatic carbocycles. The van der Waals surface area contributed by atoms with E-state index in [0.29, 0.717) is 13.2 Å². The third kappa shape index (κ3) is 3.40. The van der Waals surface area contributed by atoms with E-state index in [2.05, 4.69) is 5.32 Å². The Hall–Kier alpha value is -1.26. The molecule has 0 aromatic heterocycles. The van der Waals surface area contributed by atoms with Crippen LogP contribution >= 0.6 is 0 Å². The first-order valence-electron chi connectivity index (χ1n) is 5.54. The van der Waals surface area contributed by atoms with Crippen molar-refractivity contribution >= 4 is 5.69 Å². The highest BCUT2D eigenvalue weighted by molar-refractivity contribution is 5.51. The maximum Gasteiger partial charge on any atom is 0.124 e. The zero-order valence-electron chi connectivity index (χ0n) is 9.86. The van der Waals surface area contributed by atoms with Crippen LogP contribution in [0.15, 0.2) is 18.2 Å². The van der Waals surface area contributed by atoms with Crippen molar-refractivity contribution in [2.75, 3.05) is 18.5 Å². The Balaban J connectivity index is 2.81. The van der Waals surface area contributed by atoms with Gasteiger partial charge in [0.25, 0.3) is 0 Å². The second-order valence-corrected chi connectivity index (χ2v) is 3.69. The van der Waals surface area contributed by atoms with Crippen molar-refractivity contribution in [1.82, 2.24) is 0 Å². The Labute approximate surface area is 96.4 Å². The van der Waals surface area contributed by atoms with Crippen LogP contribution in [-0.4, -0.2) is 24.3 Å². The number of nitrogens with two attached hydrogens (primary N) is 1. The van der Waals surface area contributed by atoms with Gasteiger partial charge >= 0.3 is 0 Å². The van der Waals surface area contributed by atoms with Gasteiger partial charge in [-0.15, -0.1) is 0 Å². The van der Waals surface area contributed by atoms with E-state index in [-0.39, 0.29) is 12.6 Å². The Kier molecular flexibility index (Phi) is 5.08. The minimum absolute atomic E-state index is 0.0259. The first-order chi connectivity index (χ1) is 7.71. The summed E-state index contributed by atoms with van der Waals surface area (Å²) in [5.74, 6) is 0.732. The van der Waals surface area contributed by atoms with Gasteiger partial charge < -0.3 is 20.9 Å². The van der Waals surface area contributed by atoms with Gasteiger partial charge in [-0.05, 0) is 32.0 Å². The highest BCUT2D eigenvalue weighted by atomic mass is 16.5. The molecule has 0 fully saturated rings.